The molecule has 0 aliphatic heterocycles. The predicted molar refractivity (Wildman–Crippen MR) is 154 cm³/mol. The van der Waals surface area contributed by atoms with Crippen LogP contribution in [-0.2, 0) is 24.2 Å². The zero-order valence-corrected chi connectivity index (χ0v) is 25.5. The Morgan fingerprint density at radius 3 is 2.24 bits per heavy atom. The number of nitrogens with two attached hydrogens (primary N) is 1. The first-order chi connectivity index (χ1) is 21.1. The second kappa shape index (κ2) is 13.3. The first-order valence-corrected chi connectivity index (χ1v) is 15.9. The van der Waals surface area contributed by atoms with Crippen molar-refractivity contribution in [2.24, 2.45) is 17.6 Å². The smallest absolute Gasteiger partial charge is 0.407 e. The largest absolute Gasteiger partial charge is 0.453 e. The quantitative estimate of drug-likeness (QED) is 0.261. The van der Waals surface area contributed by atoms with Gasteiger partial charge in [-0.2, -0.15) is 0 Å². The molecule has 2 bridgehead atoms. The molecule has 2 fully saturated rings. The van der Waals surface area contributed by atoms with Crippen molar-refractivity contribution in [2.75, 3.05) is 12.4 Å². The van der Waals surface area contributed by atoms with Crippen LogP contribution in [0.5, 0.6) is 0 Å². The molecule has 244 valence electrons. The number of carbonyl (C=O) groups is 4. The Balaban J connectivity index is 1.48. The molecule has 11 nitrogen and oxygen atoms in total. The molecule has 5 N–H and O–H groups in total. The van der Waals surface area contributed by atoms with Crippen molar-refractivity contribution in [3.63, 3.8) is 0 Å². The number of aliphatic hydroxyl groups is 1. The summed E-state index contributed by atoms with van der Waals surface area (Å²) in [5, 5.41) is 14.9. The number of ketones is 1. The second-order valence-electron chi connectivity index (χ2n) is 11.3. The van der Waals surface area contributed by atoms with Gasteiger partial charge in [0.1, 0.15) is 0 Å². The summed E-state index contributed by atoms with van der Waals surface area (Å²) in [5.74, 6) is -8.06. The molecule has 0 saturated heterocycles. The maximum absolute atomic E-state index is 13.8. The number of amides is 3. The van der Waals surface area contributed by atoms with Gasteiger partial charge in [-0.25, -0.2) is 26.4 Å². The lowest BCUT2D eigenvalue weighted by Gasteiger charge is -2.42. The number of methoxy groups -OCH3 is 1. The predicted octanol–water partition coefficient (Wildman–Crippen LogP) is 3.65. The van der Waals surface area contributed by atoms with Gasteiger partial charge in [-0.3, -0.25) is 14.4 Å². The molecule has 3 amide bonds. The van der Waals surface area contributed by atoms with Gasteiger partial charge >= 0.3 is 6.09 Å². The molecule has 2 aliphatic rings. The second-order valence-corrected chi connectivity index (χ2v) is 13.9. The van der Waals surface area contributed by atoms with Crippen molar-refractivity contribution in [1.82, 2.24) is 5.32 Å². The van der Waals surface area contributed by atoms with E-state index in [0.29, 0.717) is 25.0 Å². The van der Waals surface area contributed by atoms with E-state index in [2.05, 4.69) is 15.4 Å². The fourth-order valence-corrected chi connectivity index (χ4v) is 8.69. The highest BCUT2D eigenvalue weighted by Crippen LogP contribution is 2.54. The topological polar surface area (TPSA) is 182 Å². The molecule has 2 aromatic carbocycles. The average Bonchev–Trinajstić information content (AvgIpc) is 3.12. The molecule has 45 heavy (non-hydrogen) atoms. The van der Waals surface area contributed by atoms with Gasteiger partial charge in [0.25, 0.3) is 5.91 Å². The third-order valence-electron chi connectivity index (χ3n) is 8.60. The lowest BCUT2D eigenvalue weighted by Crippen LogP contribution is -2.49. The zero-order chi connectivity index (χ0) is 33.3. The maximum Gasteiger partial charge on any atom is 0.407 e. The van der Waals surface area contributed by atoms with Gasteiger partial charge in [-0.15, -0.1) is 0 Å². The van der Waals surface area contributed by atoms with E-state index in [1.54, 1.807) is 0 Å². The molecule has 5 atom stereocenters. The van der Waals surface area contributed by atoms with E-state index in [0.717, 1.165) is 13.2 Å². The molecule has 0 spiro atoms. The Kier molecular flexibility index (Phi) is 10.1. The highest BCUT2D eigenvalue weighted by Gasteiger charge is 2.55. The standard InChI is InChI=1S/C29H31ClF3N3O8S/c1-44-28(40)36-22(13-25(34)38)23(37)6-7-29(41)15-3-4-16(29)10-18(9-15)45(42,43)24-8-14(2-5-19(24)30)27(39)35-17-11-20(31)26(33)21(32)12-17/h2,5,8,11-12,15-16,18,22,41H,3-4,6-7,9-10,13H2,1H3,(H2,34,38)(H,35,39)(H,36,40)/t15-,16?,18?,22-,29?/m0/s1. The number of primary amides is 1. The number of halogens is 4. The monoisotopic (exact) mass is 673 g/mol. The van der Waals surface area contributed by atoms with Crippen LogP contribution in [0.4, 0.5) is 23.7 Å². The van der Waals surface area contributed by atoms with E-state index in [1.165, 1.54) is 12.1 Å². The third kappa shape index (κ3) is 7.25. The van der Waals surface area contributed by atoms with Gasteiger partial charge < -0.3 is 26.2 Å². The molecule has 0 aromatic heterocycles. The number of ether oxygens (including phenoxy) is 1. The van der Waals surface area contributed by atoms with Crippen LogP contribution in [0.1, 0.15) is 55.3 Å². The number of alkyl carbamates (subject to hydrolysis) is 1. The van der Waals surface area contributed by atoms with Crippen molar-refractivity contribution < 1.29 is 50.6 Å². The van der Waals surface area contributed by atoms with Gasteiger partial charge in [0.2, 0.25) is 5.91 Å². The summed E-state index contributed by atoms with van der Waals surface area (Å²) in [6.07, 6.45) is -0.584. The summed E-state index contributed by atoms with van der Waals surface area (Å²) in [5.41, 5.74) is 3.24. The highest BCUT2D eigenvalue weighted by molar-refractivity contribution is 7.92. The Morgan fingerprint density at radius 1 is 1.09 bits per heavy atom. The lowest BCUT2D eigenvalue weighted by molar-refractivity contribution is -0.127. The van der Waals surface area contributed by atoms with E-state index >= 15 is 0 Å². The Morgan fingerprint density at radius 2 is 1.69 bits per heavy atom. The maximum atomic E-state index is 13.8. The summed E-state index contributed by atoms with van der Waals surface area (Å²) in [6.45, 7) is 0. The van der Waals surface area contributed by atoms with Gasteiger partial charge in [-0.05, 0) is 62.1 Å². The molecule has 16 heteroatoms. The molecule has 3 unspecified atom stereocenters. The van der Waals surface area contributed by atoms with Crippen LogP contribution in [0.25, 0.3) is 0 Å². The van der Waals surface area contributed by atoms with E-state index < -0.39 is 86.1 Å². The molecule has 0 radical (unpaired) electrons. The van der Waals surface area contributed by atoms with Crippen LogP contribution in [0, 0.1) is 29.3 Å². The van der Waals surface area contributed by atoms with Gasteiger partial charge in [0.15, 0.2) is 33.1 Å². The van der Waals surface area contributed by atoms with Crippen molar-refractivity contribution in [1.29, 1.82) is 0 Å². The van der Waals surface area contributed by atoms with E-state index in [1.807, 2.05) is 0 Å². The number of hydrogen-bond acceptors (Lipinski definition) is 8. The van der Waals surface area contributed by atoms with Crippen molar-refractivity contribution in [2.45, 2.75) is 66.7 Å². The van der Waals surface area contributed by atoms with Crippen LogP contribution in [-0.4, -0.2) is 61.2 Å². The molecule has 4 rings (SSSR count). The SMILES string of the molecule is COC(=O)N[C@@H](CC(N)=O)C(=O)CCC1(O)C2CC[C@H]1CC(S(=O)(=O)c1cc(C(=O)Nc3cc(F)c(F)c(F)c3)ccc1Cl)C2. The minimum Gasteiger partial charge on any atom is -0.453 e. The van der Waals surface area contributed by atoms with Crippen LogP contribution >= 0.6 is 11.6 Å². The summed E-state index contributed by atoms with van der Waals surface area (Å²) >= 11 is 6.25. The number of benzene rings is 2. The van der Waals surface area contributed by atoms with Crippen LogP contribution in [0.2, 0.25) is 5.02 Å². The normalized spacial score (nSPS) is 23.2. The number of Topliss-reactive ketones (excluding diaryl/α,β-unsaturated/α-hetero) is 1. The van der Waals surface area contributed by atoms with Crippen molar-refractivity contribution in [3.8, 4) is 0 Å². The minimum atomic E-state index is -4.16. The number of hydrogen-bond donors (Lipinski definition) is 4. The summed E-state index contributed by atoms with van der Waals surface area (Å²) in [4.78, 5) is 48.3. The summed E-state index contributed by atoms with van der Waals surface area (Å²) in [6, 6.07) is 3.35. The van der Waals surface area contributed by atoms with E-state index in [9.17, 15) is 45.9 Å². The number of nitrogens with one attached hydrogen (secondary N) is 2. The summed E-state index contributed by atoms with van der Waals surface area (Å²) in [7, 11) is -3.08. The van der Waals surface area contributed by atoms with Crippen LogP contribution < -0.4 is 16.4 Å². The Hall–Kier alpha value is -3.69. The molecule has 2 aromatic rings. The van der Waals surface area contributed by atoms with E-state index in [-0.39, 0.29) is 46.9 Å². The number of anilines is 1. The van der Waals surface area contributed by atoms with Crippen molar-refractivity contribution in [3.05, 3.63) is 58.4 Å². The molecule has 0 heterocycles. The fraction of sp³-hybridized carbons (Fsp3) is 0.448. The van der Waals surface area contributed by atoms with Gasteiger partial charge in [-0.1, -0.05) is 11.6 Å². The minimum absolute atomic E-state index is 0.0347. The average molecular weight is 674 g/mol. The summed E-state index contributed by atoms with van der Waals surface area (Å²) < 4.78 is 72.5. The highest BCUT2D eigenvalue weighted by atomic mass is 35.5. The number of fused-ring (bicyclic) bond motifs is 2. The van der Waals surface area contributed by atoms with Crippen LogP contribution in [0.3, 0.4) is 0 Å². The third-order valence-corrected chi connectivity index (χ3v) is 11.3. The van der Waals surface area contributed by atoms with Gasteiger partial charge in [0, 0.05) is 29.8 Å². The number of carbonyl (C=O) groups excluding carboxylic acids is 4. The molecular formula is C29H31ClF3N3O8S. The Labute approximate surface area is 261 Å². The molecule has 2 saturated carbocycles. The Bertz CT molecular complexity index is 1600. The zero-order valence-electron chi connectivity index (χ0n) is 23.9. The number of sulfone groups is 1. The molecule has 2 aliphatic carbocycles. The van der Waals surface area contributed by atoms with Gasteiger partial charge in [0.05, 0.1) is 40.3 Å². The molecular weight excluding hydrogens is 643 g/mol. The number of rotatable bonds is 11. The van der Waals surface area contributed by atoms with Crippen molar-refractivity contribution >= 4 is 50.8 Å². The fourth-order valence-electron chi connectivity index (χ4n) is 6.29. The van der Waals surface area contributed by atoms with E-state index in [4.69, 9.17) is 17.3 Å². The first kappa shape index (κ1) is 34.2. The lowest BCUT2D eigenvalue weighted by atomic mass is 9.71. The van der Waals surface area contributed by atoms with Crippen LogP contribution in [0.15, 0.2) is 35.2 Å². The first-order valence-electron chi connectivity index (χ1n) is 13.9.